The quantitative estimate of drug-likeness (QED) is 0.941. The van der Waals surface area contributed by atoms with Crippen LogP contribution in [0.25, 0.3) is 0 Å². The van der Waals surface area contributed by atoms with Crippen molar-refractivity contribution in [2.24, 2.45) is 5.73 Å². The molecule has 0 spiro atoms. The molecule has 1 aromatic heterocycles. The molecule has 3 rings (SSSR count). The van der Waals surface area contributed by atoms with Crippen LogP contribution < -0.4 is 15.4 Å². The number of nitrogens with zero attached hydrogens (tertiary/aromatic N) is 2. The van der Waals surface area contributed by atoms with Crippen molar-refractivity contribution in [3.05, 3.63) is 54.4 Å². The first-order chi connectivity index (χ1) is 10.3. The molecule has 4 nitrogen and oxygen atoms in total. The molecule has 0 amide bonds. The van der Waals surface area contributed by atoms with Crippen molar-refractivity contribution < 1.29 is 4.74 Å². The largest absolute Gasteiger partial charge is 0.491 e. The van der Waals surface area contributed by atoms with Crippen molar-refractivity contribution in [1.29, 1.82) is 0 Å². The van der Waals surface area contributed by atoms with Crippen LogP contribution >= 0.6 is 0 Å². The van der Waals surface area contributed by atoms with Crippen molar-refractivity contribution in [2.45, 2.75) is 25.4 Å². The number of hydrogen-bond acceptors (Lipinski definition) is 4. The molecule has 2 heterocycles. The summed E-state index contributed by atoms with van der Waals surface area (Å²) in [6.07, 6.45) is 4.68. The molecule has 1 aromatic carbocycles. The van der Waals surface area contributed by atoms with Crippen LogP contribution in [0.3, 0.4) is 0 Å². The number of aromatic nitrogens is 1. The molecule has 4 heteroatoms. The van der Waals surface area contributed by atoms with E-state index in [1.807, 2.05) is 37.4 Å². The molecule has 0 saturated heterocycles. The van der Waals surface area contributed by atoms with Crippen LogP contribution in [0, 0.1) is 0 Å². The summed E-state index contributed by atoms with van der Waals surface area (Å²) in [7, 11) is 0. The Hall–Kier alpha value is -2.07. The van der Waals surface area contributed by atoms with Crippen LogP contribution in [0.5, 0.6) is 5.75 Å². The van der Waals surface area contributed by atoms with Gasteiger partial charge in [0, 0.05) is 25.0 Å². The highest BCUT2D eigenvalue weighted by Gasteiger charge is 2.27. The summed E-state index contributed by atoms with van der Waals surface area (Å²) in [6, 6.07) is 12.3. The van der Waals surface area contributed by atoms with Gasteiger partial charge in [-0.15, -0.1) is 0 Å². The summed E-state index contributed by atoms with van der Waals surface area (Å²) in [5.41, 5.74) is 8.55. The van der Waals surface area contributed by atoms with Crippen LogP contribution in [0.4, 0.5) is 5.69 Å². The van der Waals surface area contributed by atoms with Gasteiger partial charge in [0.15, 0.2) is 0 Å². The normalized spacial score (nSPS) is 17.3. The monoisotopic (exact) mass is 283 g/mol. The number of anilines is 1. The van der Waals surface area contributed by atoms with Crippen LogP contribution in [0.15, 0.2) is 48.8 Å². The number of pyridine rings is 1. The van der Waals surface area contributed by atoms with Gasteiger partial charge in [0.2, 0.25) is 0 Å². The summed E-state index contributed by atoms with van der Waals surface area (Å²) in [6.45, 7) is 3.72. The van der Waals surface area contributed by atoms with E-state index in [4.69, 9.17) is 10.5 Å². The van der Waals surface area contributed by atoms with E-state index in [2.05, 4.69) is 22.0 Å². The summed E-state index contributed by atoms with van der Waals surface area (Å²) in [5.74, 6) is 0.935. The fraction of sp³-hybridized carbons (Fsp3) is 0.353. The van der Waals surface area contributed by atoms with E-state index in [-0.39, 0.29) is 12.1 Å². The zero-order valence-corrected chi connectivity index (χ0v) is 12.3. The van der Waals surface area contributed by atoms with Crippen molar-refractivity contribution in [3.63, 3.8) is 0 Å². The van der Waals surface area contributed by atoms with E-state index in [0.29, 0.717) is 0 Å². The molecule has 21 heavy (non-hydrogen) atoms. The van der Waals surface area contributed by atoms with Crippen LogP contribution in [0.1, 0.15) is 24.9 Å². The fourth-order valence-electron chi connectivity index (χ4n) is 2.96. The zero-order valence-electron chi connectivity index (χ0n) is 12.3. The second-order valence-corrected chi connectivity index (χ2v) is 5.45. The minimum absolute atomic E-state index is 0.000330. The first-order valence-electron chi connectivity index (χ1n) is 7.41. The third-order valence-corrected chi connectivity index (χ3v) is 3.84. The summed E-state index contributed by atoms with van der Waals surface area (Å²) < 4.78 is 5.85. The number of ether oxygens (including phenoxy) is 1. The van der Waals surface area contributed by atoms with Gasteiger partial charge < -0.3 is 15.4 Å². The second kappa shape index (κ2) is 6.14. The number of rotatable bonds is 3. The molecule has 0 fully saturated rings. The molecular weight excluding hydrogens is 262 g/mol. The molecule has 1 aliphatic heterocycles. The Morgan fingerprint density at radius 3 is 2.86 bits per heavy atom. The standard InChI is InChI=1S/C17H21N3O/c1-13(18)17(14-6-4-9-19-12-14)20-10-5-11-21-16-8-3-2-7-15(16)20/h2-4,6-9,12-13,17H,5,10-11,18H2,1H3. The van der Waals surface area contributed by atoms with Gasteiger partial charge in [0.05, 0.1) is 18.3 Å². The van der Waals surface area contributed by atoms with Crippen molar-refractivity contribution in [1.82, 2.24) is 4.98 Å². The second-order valence-electron chi connectivity index (χ2n) is 5.45. The zero-order chi connectivity index (χ0) is 14.7. The molecule has 2 unspecified atom stereocenters. The van der Waals surface area contributed by atoms with E-state index in [1.165, 1.54) is 0 Å². The van der Waals surface area contributed by atoms with Gasteiger partial charge in [-0.05, 0) is 37.1 Å². The Bertz CT molecular complexity index is 586. The fourth-order valence-corrected chi connectivity index (χ4v) is 2.96. The SMILES string of the molecule is CC(N)C(c1cccnc1)N1CCCOc2ccccc21. The number of para-hydroxylation sites is 2. The maximum absolute atomic E-state index is 6.30. The number of fused-ring (bicyclic) bond motifs is 1. The smallest absolute Gasteiger partial charge is 0.142 e. The lowest BCUT2D eigenvalue weighted by Gasteiger charge is -2.35. The third-order valence-electron chi connectivity index (χ3n) is 3.84. The van der Waals surface area contributed by atoms with E-state index in [0.717, 1.165) is 36.6 Å². The molecule has 110 valence electrons. The lowest BCUT2D eigenvalue weighted by Crippen LogP contribution is -2.40. The summed E-state index contributed by atoms with van der Waals surface area (Å²) in [5, 5.41) is 0. The summed E-state index contributed by atoms with van der Waals surface area (Å²) in [4.78, 5) is 6.60. The average molecular weight is 283 g/mol. The molecule has 0 aliphatic carbocycles. The molecule has 1 aliphatic rings. The maximum atomic E-state index is 6.30. The Morgan fingerprint density at radius 1 is 1.24 bits per heavy atom. The molecule has 2 atom stereocenters. The van der Waals surface area contributed by atoms with E-state index in [9.17, 15) is 0 Å². The minimum atomic E-state index is 0.000330. The Kier molecular flexibility index (Phi) is 4.06. The molecule has 0 radical (unpaired) electrons. The molecular formula is C17H21N3O. The Labute approximate surface area is 125 Å². The molecule has 0 saturated carbocycles. The Balaban J connectivity index is 2.03. The lowest BCUT2D eigenvalue weighted by molar-refractivity contribution is 0.322. The van der Waals surface area contributed by atoms with Crippen molar-refractivity contribution >= 4 is 5.69 Å². The molecule has 2 N–H and O–H groups in total. The lowest BCUT2D eigenvalue weighted by atomic mass is 9.99. The Morgan fingerprint density at radius 2 is 2.10 bits per heavy atom. The van der Waals surface area contributed by atoms with Crippen LogP contribution in [-0.2, 0) is 0 Å². The van der Waals surface area contributed by atoms with E-state index in [1.54, 1.807) is 6.20 Å². The molecule has 2 aromatic rings. The number of benzene rings is 1. The van der Waals surface area contributed by atoms with Gasteiger partial charge in [0.25, 0.3) is 0 Å². The number of nitrogens with two attached hydrogens (primary N) is 1. The van der Waals surface area contributed by atoms with Gasteiger partial charge >= 0.3 is 0 Å². The van der Waals surface area contributed by atoms with Crippen LogP contribution in [-0.4, -0.2) is 24.2 Å². The van der Waals surface area contributed by atoms with Gasteiger partial charge in [-0.3, -0.25) is 4.98 Å². The van der Waals surface area contributed by atoms with Gasteiger partial charge in [0.1, 0.15) is 5.75 Å². The summed E-state index contributed by atoms with van der Waals surface area (Å²) >= 11 is 0. The highest BCUT2D eigenvalue weighted by Crippen LogP contribution is 2.37. The predicted octanol–water partition coefficient (Wildman–Crippen LogP) is 2.76. The van der Waals surface area contributed by atoms with Gasteiger partial charge in [-0.2, -0.15) is 0 Å². The number of hydrogen-bond donors (Lipinski definition) is 1. The van der Waals surface area contributed by atoms with Crippen LogP contribution in [0.2, 0.25) is 0 Å². The topological polar surface area (TPSA) is 51.4 Å². The average Bonchev–Trinajstić information content (AvgIpc) is 2.71. The van der Waals surface area contributed by atoms with Gasteiger partial charge in [-0.25, -0.2) is 0 Å². The van der Waals surface area contributed by atoms with E-state index < -0.39 is 0 Å². The third kappa shape index (κ3) is 2.85. The maximum Gasteiger partial charge on any atom is 0.142 e. The van der Waals surface area contributed by atoms with Crippen molar-refractivity contribution in [2.75, 3.05) is 18.1 Å². The highest BCUT2D eigenvalue weighted by molar-refractivity contribution is 5.60. The van der Waals surface area contributed by atoms with E-state index >= 15 is 0 Å². The minimum Gasteiger partial charge on any atom is -0.491 e. The highest BCUT2D eigenvalue weighted by atomic mass is 16.5. The molecule has 0 bridgehead atoms. The first-order valence-corrected chi connectivity index (χ1v) is 7.41. The predicted molar refractivity (Wildman–Crippen MR) is 84.5 cm³/mol. The van der Waals surface area contributed by atoms with Crippen molar-refractivity contribution in [3.8, 4) is 5.75 Å². The first kappa shape index (κ1) is 13.9. The van der Waals surface area contributed by atoms with Gasteiger partial charge in [-0.1, -0.05) is 18.2 Å².